The number of ketones is 1. The first-order chi connectivity index (χ1) is 18.0. The van der Waals surface area contributed by atoms with Crippen LogP contribution in [-0.2, 0) is 11.2 Å². The number of benzene rings is 1. The number of rotatable bonds is 4. The van der Waals surface area contributed by atoms with Gasteiger partial charge >= 0.3 is 5.69 Å². The largest absolute Gasteiger partial charge is 0.493 e. The third-order valence-corrected chi connectivity index (χ3v) is 6.76. The molecule has 1 aromatic carbocycles. The van der Waals surface area contributed by atoms with Crippen LogP contribution >= 0.6 is 0 Å². The van der Waals surface area contributed by atoms with Crippen LogP contribution < -0.4 is 15.3 Å². The average molecular weight is 503 g/mol. The molecule has 5 heterocycles. The number of hydrogen-bond acceptors (Lipinski definition) is 8. The second kappa shape index (κ2) is 10.2. The predicted molar refractivity (Wildman–Crippen MR) is 135 cm³/mol. The minimum atomic E-state index is -0.250. The van der Waals surface area contributed by atoms with E-state index in [1.165, 1.54) is 6.33 Å². The summed E-state index contributed by atoms with van der Waals surface area (Å²) in [5, 5.41) is 6.89. The van der Waals surface area contributed by atoms with Crippen LogP contribution in [0.25, 0.3) is 11.2 Å². The van der Waals surface area contributed by atoms with Crippen LogP contribution in [0.5, 0.6) is 5.75 Å². The summed E-state index contributed by atoms with van der Waals surface area (Å²) in [6.07, 6.45) is 5.53. The number of anilines is 1. The van der Waals surface area contributed by atoms with E-state index in [0.717, 1.165) is 60.6 Å². The smallest absolute Gasteiger partial charge is 0.327 e. The van der Waals surface area contributed by atoms with Crippen molar-refractivity contribution in [2.75, 3.05) is 24.6 Å². The maximum absolute atomic E-state index is 13.2. The van der Waals surface area contributed by atoms with E-state index in [1.807, 2.05) is 35.8 Å². The number of pyridine rings is 1. The van der Waals surface area contributed by atoms with Crippen molar-refractivity contribution < 1.29 is 19.4 Å². The summed E-state index contributed by atoms with van der Waals surface area (Å²) in [7, 11) is 0. The number of nitrogens with one attached hydrogen (secondary N) is 1. The summed E-state index contributed by atoms with van der Waals surface area (Å²) < 4.78 is 7.48. The van der Waals surface area contributed by atoms with E-state index in [0.29, 0.717) is 23.5 Å². The number of aromatic amines is 1. The van der Waals surface area contributed by atoms with Gasteiger partial charge < -0.3 is 14.7 Å². The van der Waals surface area contributed by atoms with Crippen molar-refractivity contribution in [2.45, 2.75) is 32.2 Å². The van der Waals surface area contributed by atoms with Gasteiger partial charge in [0.15, 0.2) is 5.65 Å². The van der Waals surface area contributed by atoms with Crippen molar-refractivity contribution in [1.29, 1.82) is 0 Å². The minimum Gasteiger partial charge on any atom is -0.493 e. The Labute approximate surface area is 211 Å². The Morgan fingerprint density at radius 2 is 1.97 bits per heavy atom. The number of carbonyl (C=O) groups excluding carboxylic acids is 1. The van der Waals surface area contributed by atoms with Crippen LogP contribution in [0.2, 0.25) is 0 Å². The number of H-pyrrole nitrogens is 1. The molecule has 37 heavy (non-hydrogen) atoms. The summed E-state index contributed by atoms with van der Waals surface area (Å²) in [4.78, 5) is 52.0. The van der Waals surface area contributed by atoms with Crippen molar-refractivity contribution in [3.05, 3.63) is 75.7 Å². The topological polar surface area (TPSA) is 143 Å². The zero-order valence-corrected chi connectivity index (χ0v) is 20.3. The Balaban J connectivity index is 0.000000892. The van der Waals surface area contributed by atoms with Crippen LogP contribution in [0, 0.1) is 6.92 Å². The molecule has 11 heteroatoms. The highest BCUT2D eigenvalue weighted by Gasteiger charge is 2.26. The molecule has 0 bridgehead atoms. The molecule has 1 saturated heterocycles. The molecule has 6 rings (SSSR count). The molecule has 0 saturated carbocycles. The van der Waals surface area contributed by atoms with Gasteiger partial charge in [0.25, 0.3) is 6.47 Å². The molecular weight excluding hydrogens is 476 g/mol. The van der Waals surface area contributed by atoms with Crippen LogP contribution in [-0.4, -0.2) is 61.6 Å². The fraction of sp³-hybridized carbons (Fsp3) is 0.308. The van der Waals surface area contributed by atoms with Gasteiger partial charge in [-0.05, 0) is 55.2 Å². The number of nitrogens with zero attached hydrogens (tertiary/aromatic N) is 5. The molecule has 0 atom stereocenters. The fourth-order valence-corrected chi connectivity index (χ4v) is 5.10. The summed E-state index contributed by atoms with van der Waals surface area (Å²) in [6.45, 7) is 3.82. The maximum atomic E-state index is 13.2. The predicted octanol–water partition coefficient (Wildman–Crippen LogP) is 2.53. The number of imidazole rings is 1. The number of aryl methyl sites for hydroxylation is 1. The van der Waals surface area contributed by atoms with Crippen LogP contribution in [0.4, 0.5) is 5.82 Å². The third-order valence-electron chi connectivity index (χ3n) is 6.76. The van der Waals surface area contributed by atoms with Gasteiger partial charge in [0.2, 0.25) is 5.78 Å². The Kier molecular flexibility index (Phi) is 6.67. The minimum absolute atomic E-state index is 0.0845. The monoisotopic (exact) mass is 502 g/mol. The van der Waals surface area contributed by atoms with Crippen LogP contribution in [0.15, 0.2) is 47.7 Å². The highest BCUT2D eigenvalue weighted by molar-refractivity contribution is 6.08. The number of ether oxygens (including phenoxy) is 1. The van der Waals surface area contributed by atoms with Gasteiger partial charge in [0.1, 0.15) is 23.6 Å². The number of carbonyl (C=O) groups is 2. The van der Waals surface area contributed by atoms with Crippen molar-refractivity contribution >= 4 is 29.2 Å². The number of aromatic nitrogens is 5. The van der Waals surface area contributed by atoms with Crippen molar-refractivity contribution in [3.63, 3.8) is 0 Å². The summed E-state index contributed by atoms with van der Waals surface area (Å²) >= 11 is 0. The number of carboxylic acid groups (broad SMARTS) is 1. The van der Waals surface area contributed by atoms with E-state index < -0.39 is 0 Å². The van der Waals surface area contributed by atoms with Crippen LogP contribution in [0.3, 0.4) is 0 Å². The van der Waals surface area contributed by atoms with Crippen molar-refractivity contribution in [2.24, 2.45) is 0 Å². The van der Waals surface area contributed by atoms with E-state index in [4.69, 9.17) is 14.6 Å². The van der Waals surface area contributed by atoms with Gasteiger partial charge in [-0.1, -0.05) is 0 Å². The molecule has 0 amide bonds. The summed E-state index contributed by atoms with van der Waals surface area (Å²) in [6, 6.07) is 9.40. The molecule has 0 spiro atoms. The fourth-order valence-electron chi connectivity index (χ4n) is 5.10. The van der Waals surface area contributed by atoms with Gasteiger partial charge in [-0.3, -0.25) is 19.1 Å². The SMILES string of the molecule is Cc1cc(C(=O)c2cc(N3CCC(n4c(=O)[nH]c5ncccc54)CC3)ncn2)cc2c1OCC2.O=CO. The lowest BCUT2D eigenvalue weighted by Gasteiger charge is -2.33. The molecule has 2 aliphatic heterocycles. The molecule has 11 nitrogen and oxygen atoms in total. The van der Waals surface area contributed by atoms with E-state index in [9.17, 15) is 9.59 Å². The maximum Gasteiger partial charge on any atom is 0.327 e. The normalized spacial score (nSPS) is 15.0. The molecule has 4 aromatic rings. The molecule has 3 aromatic heterocycles. The van der Waals surface area contributed by atoms with Crippen LogP contribution in [0.1, 0.15) is 46.1 Å². The number of hydrogen-bond donors (Lipinski definition) is 2. The lowest BCUT2D eigenvalue weighted by Crippen LogP contribution is -2.37. The van der Waals surface area contributed by atoms with Gasteiger partial charge in [0, 0.05) is 43.4 Å². The quantitative estimate of drug-likeness (QED) is 0.318. The Morgan fingerprint density at radius 1 is 1.19 bits per heavy atom. The molecule has 1 fully saturated rings. The second-order valence-electron chi connectivity index (χ2n) is 8.97. The summed E-state index contributed by atoms with van der Waals surface area (Å²) in [5.74, 6) is 1.51. The zero-order chi connectivity index (χ0) is 25.9. The highest BCUT2D eigenvalue weighted by atomic mass is 16.5. The van der Waals surface area contributed by atoms with Crippen molar-refractivity contribution in [3.8, 4) is 5.75 Å². The first-order valence-corrected chi connectivity index (χ1v) is 12.0. The van der Waals surface area contributed by atoms with E-state index in [2.05, 4.69) is 24.8 Å². The molecular formula is C26H26N6O5. The highest BCUT2D eigenvalue weighted by Crippen LogP contribution is 2.31. The first kappa shape index (κ1) is 24.2. The standard InChI is InChI=1S/C25H24N6O3.CH2O2/c1-15-11-17(12-16-6-10-34-23(15)16)22(32)19-13-21(28-14-27-19)30-8-4-18(5-9-30)31-20-3-2-7-26-24(20)29-25(31)33;2-1-3/h2-3,7,11-14,18H,4-6,8-10H2,1H3,(H,26,29,33);1H,(H,2,3). The Morgan fingerprint density at radius 3 is 2.76 bits per heavy atom. The van der Waals surface area contributed by atoms with Crippen molar-refractivity contribution in [1.82, 2.24) is 24.5 Å². The molecule has 0 radical (unpaired) electrons. The lowest BCUT2D eigenvalue weighted by molar-refractivity contribution is -0.122. The Bertz CT molecular complexity index is 1520. The van der Waals surface area contributed by atoms with Gasteiger partial charge in [-0.2, -0.15) is 0 Å². The van der Waals surface area contributed by atoms with E-state index in [1.54, 1.807) is 12.3 Å². The second-order valence-corrected chi connectivity index (χ2v) is 8.97. The number of piperidine rings is 1. The molecule has 190 valence electrons. The van der Waals surface area contributed by atoms with E-state index >= 15 is 0 Å². The average Bonchev–Trinajstić information content (AvgIpc) is 3.53. The molecule has 0 unspecified atom stereocenters. The molecule has 2 aliphatic rings. The third kappa shape index (κ3) is 4.67. The van der Waals surface area contributed by atoms with Gasteiger partial charge in [-0.25, -0.2) is 19.7 Å². The zero-order valence-electron chi connectivity index (χ0n) is 20.3. The van der Waals surface area contributed by atoms with Gasteiger partial charge in [0.05, 0.1) is 12.1 Å². The van der Waals surface area contributed by atoms with Gasteiger partial charge in [-0.15, -0.1) is 0 Å². The number of fused-ring (bicyclic) bond motifs is 2. The lowest BCUT2D eigenvalue weighted by atomic mass is 10.00. The Hall–Kier alpha value is -4.54. The molecule has 0 aliphatic carbocycles. The molecule has 2 N–H and O–H groups in total. The summed E-state index contributed by atoms with van der Waals surface area (Å²) in [5.41, 5.74) is 4.36. The first-order valence-electron chi connectivity index (χ1n) is 12.0. The van der Waals surface area contributed by atoms with E-state index in [-0.39, 0.29) is 24.0 Å².